The van der Waals surface area contributed by atoms with Crippen LogP contribution >= 0.6 is 0 Å². The van der Waals surface area contributed by atoms with Crippen molar-refractivity contribution in [3.05, 3.63) is 11.6 Å². The van der Waals surface area contributed by atoms with Crippen LogP contribution in [0, 0.1) is 0 Å². The summed E-state index contributed by atoms with van der Waals surface area (Å²) in [7, 11) is 1.46. The fourth-order valence-electron chi connectivity index (χ4n) is 1.88. The minimum Gasteiger partial charge on any atom is -0.478 e. The molecule has 1 rings (SSSR count). The Hall–Kier alpha value is -1.44. The Labute approximate surface area is 105 Å². The molecule has 0 bridgehead atoms. The maximum absolute atomic E-state index is 11.1. The number of amides is 1. The van der Waals surface area contributed by atoms with Crippen LogP contribution < -0.4 is 11.1 Å². The summed E-state index contributed by atoms with van der Waals surface area (Å²) < 4.78 is 10.1. The zero-order valence-electron chi connectivity index (χ0n) is 10.4. The molecule has 1 aliphatic carbocycles. The van der Waals surface area contributed by atoms with Gasteiger partial charge in [0.15, 0.2) is 0 Å². The number of carboxylic acid groups (broad SMARTS) is 1. The predicted octanol–water partition coefficient (Wildman–Crippen LogP) is -0.778. The lowest BCUT2D eigenvalue weighted by Crippen LogP contribution is -2.56. The normalized spacial score (nSPS) is 27.5. The number of carbonyl (C=O) groups excluding carboxylic acids is 1. The van der Waals surface area contributed by atoms with Crippen LogP contribution in [0.25, 0.3) is 0 Å². The molecule has 0 saturated carbocycles. The van der Waals surface area contributed by atoms with E-state index in [1.54, 1.807) is 0 Å². The number of nitrogens with two attached hydrogens (primary N) is 1. The summed E-state index contributed by atoms with van der Waals surface area (Å²) in [5, 5.41) is 11.6. The van der Waals surface area contributed by atoms with Crippen molar-refractivity contribution in [1.29, 1.82) is 0 Å². The number of ether oxygens (including phenoxy) is 2. The third-order valence-electron chi connectivity index (χ3n) is 2.66. The molecule has 0 fully saturated rings. The van der Waals surface area contributed by atoms with Gasteiger partial charge in [-0.25, -0.2) is 4.79 Å². The Morgan fingerprint density at radius 3 is 2.78 bits per heavy atom. The van der Waals surface area contributed by atoms with Gasteiger partial charge in [0.2, 0.25) is 5.91 Å². The lowest BCUT2D eigenvalue weighted by molar-refractivity contribution is -0.133. The highest BCUT2D eigenvalue weighted by Crippen LogP contribution is 2.20. The van der Waals surface area contributed by atoms with Crippen LogP contribution in [0.4, 0.5) is 0 Å². The van der Waals surface area contributed by atoms with E-state index in [0.29, 0.717) is 0 Å². The molecule has 18 heavy (non-hydrogen) atoms. The molecular weight excluding hydrogens is 240 g/mol. The number of aliphatic carboxylic acids is 1. The molecule has 102 valence electrons. The third kappa shape index (κ3) is 3.80. The Bertz CT molecular complexity index is 355. The summed E-state index contributed by atoms with van der Waals surface area (Å²) in [4.78, 5) is 22.1. The van der Waals surface area contributed by atoms with Crippen LogP contribution in [-0.2, 0) is 19.1 Å². The monoisotopic (exact) mass is 258 g/mol. The number of hydrogen-bond donors (Lipinski definition) is 3. The Kier molecular flexibility index (Phi) is 5.26. The smallest absolute Gasteiger partial charge is 0.331 e. The van der Waals surface area contributed by atoms with Gasteiger partial charge in [0, 0.05) is 25.6 Å². The standard InChI is InChI=1S/C11H18N2O5/c1-6(14)13-10-8(12)3-7(11(15)16)4-9(10)18-5-17-2/h4,8-10H,3,5,12H2,1-2H3,(H,13,14)(H,15,16). The van der Waals surface area contributed by atoms with E-state index in [4.69, 9.17) is 20.3 Å². The van der Waals surface area contributed by atoms with Gasteiger partial charge in [0.1, 0.15) is 12.9 Å². The first-order chi connectivity index (χ1) is 8.45. The number of carbonyl (C=O) groups is 2. The first-order valence-electron chi connectivity index (χ1n) is 5.53. The number of rotatable bonds is 5. The van der Waals surface area contributed by atoms with Crippen molar-refractivity contribution in [3.8, 4) is 0 Å². The highest BCUT2D eigenvalue weighted by molar-refractivity contribution is 5.87. The van der Waals surface area contributed by atoms with Crippen LogP contribution in [0.3, 0.4) is 0 Å². The second-order valence-electron chi connectivity index (χ2n) is 4.13. The van der Waals surface area contributed by atoms with Crippen molar-refractivity contribution in [1.82, 2.24) is 5.32 Å². The maximum atomic E-state index is 11.1. The molecule has 0 heterocycles. The van der Waals surface area contributed by atoms with Crippen molar-refractivity contribution in [2.45, 2.75) is 31.5 Å². The van der Waals surface area contributed by atoms with Crippen LogP contribution in [0.1, 0.15) is 13.3 Å². The van der Waals surface area contributed by atoms with Crippen LogP contribution in [-0.4, -0.2) is 49.1 Å². The Morgan fingerprint density at radius 2 is 2.28 bits per heavy atom. The summed E-state index contributed by atoms with van der Waals surface area (Å²) in [6, 6.07) is -0.965. The van der Waals surface area contributed by atoms with Gasteiger partial charge in [-0.1, -0.05) is 0 Å². The molecule has 0 aliphatic heterocycles. The molecule has 0 aromatic heterocycles. The van der Waals surface area contributed by atoms with Crippen molar-refractivity contribution in [2.75, 3.05) is 13.9 Å². The largest absolute Gasteiger partial charge is 0.478 e. The number of carboxylic acids is 1. The lowest BCUT2D eigenvalue weighted by Gasteiger charge is -2.34. The summed E-state index contributed by atoms with van der Waals surface area (Å²) >= 11 is 0. The minimum absolute atomic E-state index is 0.00310. The van der Waals surface area contributed by atoms with E-state index in [0.717, 1.165) is 0 Å². The van der Waals surface area contributed by atoms with Gasteiger partial charge in [0.05, 0.1) is 6.04 Å². The van der Waals surface area contributed by atoms with E-state index in [-0.39, 0.29) is 24.7 Å². The maximum Gasteiger partial charge on any atom is 0.331 e. The van der Waals surface area contributed by atoms with E-state index < -0.39 is 24.2 Å². The van der Waals surface area contributed by atoms with Gasteiger partial charge >= 0.3 is 5.97 Å². The SMILES string of the molecule is COCOC1C=C(C(=O)O)CC(N)C1NC(C)=O. The Morgan fingerprint density at radius 1 is 1.61 bits per heavy atom. The van der Waals surface area contributed by atoms with Gasteiger partial charge in [-0.05, 0) is 12.5 Å². The summed E-state index contributed by atoms with van der Waals surface area (Å²) in [6.45, 7) is 1.37. The number of nitrogens with one attached hydrogen (secondary N) is 1. The molecule has 0 saturated heterocycles. The molecular formula is C11H18N2O5. The molecule has 3 atom stereocenters. The van der Waals surface area contributed by atoms with Gasteiger partial charge < -0.3 is 25.6 Å². The van der Waals surface area contributed by atoms with Gasteiger partial charge in [-0.2, -0.15) is 0 Å². The summed E-state index contributed by atoms with van der Waals surface area (Å²) in [5.41, 5.74) is 6.06. The zero-order valence-corrected chi connectivity index (χ0v) is 10.4. The second-order valence-corrected chi connectivity index (χ2v) is 4.13. The van der Waals surface area contributed by atoms with E-state index in [1.807, 2.05) is 0 Å². The van der Waals surface area contributed by atoms with Gasteiger partial charge in [-0.15, -0.1) is 0 Å². The summed E-state index contributed by atoms with van der Waals surface area (Å²) in [6.07, 6.45) is 1.04. The van der Waals surface area contributed by atoms with Gasteiger partial charge in [-0.3, -0.25) is 4.79 Å². The molecule has 0 aromatic rings. The molecule has 0 aromatic carbocycles. The van der Waals surface area contributed by atoms with E-state index in [1.165, 1.54) is 20.1 Å². The Balaban J connectivity index is 2.87. The first kappa shape index (κ1) is 14.6. The fraction of sp³-hybridized carbons (Fsp3) is 0.636. The number of hydrogen-bond acceptors (Lipinski definition) is 5. The first-order valence-corrected chi connectivity index (χ1v) is 5.53. The fourth-order valence-corrected chi connectivity index (χ4v) is 1.88. The number of methoxy groups -OCH3 is 1. The predicted molar refractivity (Wildman–Crippen MR) is 62.7 cm³/mol. The van der Waals surface area contributed by atoms with Crippen molar-refractivity contribution >= 4 is 11.9 Å². The average Bonchev–Trinajstić information content (AvgIpc) is 2.28. The third-order valence-corrected chi connectivity index (χ3v) is 2.66. The highest BCUT2D eigenvalue weighted by Gasteiger charge is 2.34. The zero-order chi connectivity index (χ0) is 13.7. The lowest BCUT2D eigenvalue weighted by atomic mass is 9.88. The summed E-state index contributed by atoms with van der Waals surface area (Å²) in [5.74, 6) is -1.27. The van der Waals surface area contributed by atoms with E-state index in [2.05, 4.69) is 5.32 Å². The van der Waals surface area contributed by atoms with Crippen molar-refractivity contribution in [2.24, 2.45) is 5.73 Å². The van der Waals surface area contributed by atoms with E-state index in [9.17, 15) is 9.59 Å². The minimum atomic E-state index is -1.03. The van der Waals surface area contributed by atoms with Crippen LogP contribution in [0.5, 0.6) is 0 Å². The molecule has 0 radical (unpaired) electrons. The molecule has 7 nitrogen and oxygen atoms in total. The van der Waals surface area contributed by atoms with Gasteiger partial charge in [0.25, 0.3) is 0 Å². The molecule has 1 aliphatic rings. The van der Waals surface area contributed by atoms with Crippen LogP contribution in [0.2, 0.25) is 0 Å². The molecule has 0 spiro atoms. The molecule has 1 amide bonds. The second kappa shape index (κ2) is 6.48. The van der Waals surface area contributed by atoms with E-state index >= 15 is 0 Å². The average molecular weight is 258 g/mol. The molecule has 7 heteroatoms. The van der Waals surface area contributed by atoms with Crippen molar-refractivity contribution < 1.29 is 24.2 Å². The topological polar surface area (TPSA) is 111 Å². The molecule has 3 unspecified atom stereocenters. The molecule has 4 N–H and O–H groups in total. The highest BCUT2D eigenvalue weighted by atomic mass is 16.7. The van der Waals surface area contributed by atoms with Crippen LogP contribution in [0.15, 0.2) is 11.6 Å². The van der Waals surface area contributed by atoms with Crippen molar-refractivity contribution in [3.63, 3.8) is 0 Å². The quantitative estimate of drug-likeness (QED) is 0.558.